The van der Waals surface area contributed by atoms with E-state index >= 15 is 0 Å². The summed E-state index contributed by atoms with van der Waals surface area (Å²) in [5.74, 6) is -2.24. The SMILES string of the molecule is CCOc1cc(/C=C2\C(=O)NC(=O)N(c3ccc(C)c(C)c3)C2=O)ccc1OCC(=O)O. The number of aliphatic carboxylic acids is 1. The maximum atomic E-state index is 13.1. The summed E-state index contributed by atoms with van der Waals surface area (Å²) in [5, 5.41) is 11.0. The molecule has 0 aliphatic carbocycles. The molecular formula is C23H22N2O7. The standard InChI is InChI=1S/C23H22N2O7/c1-4-31-19-11-15(6-8-18(19)32-12-20(26)27)10-17-21(28)24-23(30)25(22(17)29)16-7-5-13(2)14(3)9-16/h5-11H,4,12H2,1-3H3,(H,26,27)(H,24,28,30)/b17-10+. The highest BCUT2D eigenvalue weighted by atomic mass is 16.5. The number of hydrogen-bond acceptors (Lipinski definition) is 6. The molecule has 2 aromatic carbocycles. The lowest BCUT2D eigenvalue weighted by Crippen LogP contribution is -2.54. The van der Waals surface area contributed by atoms with Crippen LogP contribution in [-0.4, -0.2) is 42.1 Å². The van der Waals surface area contributed by atoms with E-state index in [4.69, 9.17) is 14.6 Å². The summed E-state index contributed by atoms with van der Waals surface area (Å²) in [5.41, 5.74) is 2.44. The molecule has 166 valence electrons. The first-order chi connectivity index (χ1) is 15.2. The van der Waals surface area contributed by atoms with Crippen LogP contribution in [0.3, 0.4) is 0 Å². The molecule has 0 aromatic heterocycles. The molecule has 0 atom stereocenters. The Labute approximate surface area is 184 Å². The molecule has 0 saturated carbocycles. The maximum Gasteiger partial charge on any atom is 0.341 e. The van der Waals surface area contributed by atoms with Gasteiger partial charge in [0.05, 0.1) is 12.3 Å². The summed E-state index contributed by atoms with van der Waals surface area (Å²) in [4.78, 5) is 49.5. The van der Waals surface area contributed by atoms with Crippen molar-refractivity contribution < 1.29 is 33.8 Å². The number of carboxylic acids is 1. The fraction of sp³-hybridized carbons (Fsp3) is 0.217. The molecule has 2 aromatic rings. The largest absolute Gasteiger partial charge is 0.490 e. The van der Waals surface area contributed by atoms with Crippen LogP contribution in [0.15, 0.2) is 42.0 Å². The summed E-state index contributed by atoms with van der Waals surface area (Å²) in [6.45, 7) is 5.26. The van der Waals surface area contributed by atoms with Crippen molar-refractivity contribution in [2.75, 3.05) is 18.1 Å². The molecule has 0 spiro atoms. The van der Waals surface area contributed by atoms with Crippen molar-refractivity contribution in [2.45, 2.75) is 20.8 Å². The molecule has 0 unspecified atom stereocenters. The minimum absolute atomic E-state index is 0.211. The van der Waals surface area contributed by atoms with Gasteiger partial charge in [-0.3, -0.25) is 14.9 Å². The van der Waals surface area contributed by atoms with Gasteiger partial charge in [-0.05, 0) is 67.8 Å². The Hall–Kier alpha value is -4.14. The number of anilines is 1. The van der Waals surface area contributed by atoms with Crippen molar-refractivity contribution in [1.82, 2.24) is 5.32 Å². The molecule has 0 bridgehead atoms. The van der Waals surface area contributed by atoms with Gasteiger partial charge in [0, 0.05) is 0 Å². The number of nitrogens with one attached hydrogen (secondary N) is 1. The van der Waals surface area contributed by atoms with E-state index in [0.717, 1.165) is 16.0 Å². The predicted molar refractivity (Wildman–Crippen MR) is 116 cm³/mol. The Morgan fingerprint density at radius 2 is 1.78 bits per heavy atom. The molecule has 1 aliphatic rings. The third kappa shape index (κ3) is 4.77. The van der Waals surface area contributed by atoms with Crippen LogP contribution in [0.4, 0.5) is 10.5 Å². The zero-order chi connectivity index (χ0) is 23.4. The average Bonchev–Trinajstić information content (AvgIpc) is 2.73. The van der Waals surface area contributed by atoms with Gasteiger partial charge in [0.15, 0.2) is 18.1 Å². The molecular weight excluding hydrogens is 416 g/mol. The van der Waals surface area contributed by atoms with E-state index in [-0.39, 0.29) is 23.7 Å². The number of carbonyl (C=O) groups excluding carboxylic acids is 3. The van der Waals surface area contributed by atoms with Gasteiger partial charge in [-0.1, -0.05) is 12.1 Å². The first-order valence-electron chi connectivity index (χ1n) is 9.81. The van der Waals surface area contributed by atoms with Crippen molar-refractivity contribution >= 4 is 35.6 Å². The number of barbiturate groups is 1. The second-order valence-electron chi connectivity index (χ2n) is 7.05. The number of amides is 4. The molecule has 3 rings (SSSR count). The third-order valence-corrected chi connectivity index (χ3v) is 4.78. The number of aryl methyl sites for hydroxylation is 2. The van der Waals surface area contributed by atoms with E-state index in [0.29, 0.717) is 11.3 Å². The van der Waals surface area contributed by atoms with Crippen LogP contribution in [-0.2, 0) is 14.4 Å². The van der Waals surface area contributed by atoms with Gasteiger partial charge in [0.2, 0.25) is 0 Å². The van der Waals surface area contributed by atoms with Gasteiger partial charge in [0.1, 0.15) is 5.57 Å². The molecule has 9 heteroatoms. The highest BCUT2D eigenvalue weighted by Gasteiger charge is 2.36. The smallest absolute Gasteiger partial charge is 0.341 e. The normalized spacial score (nSPS) is 15.0. The zero-order valence-electron chi connectivity index (χ0n) is 17.8. The molecule has 1 aliphatic heterocycles. The summed E-state index contributed by atoms with van der Waals surface area (Å²) in [7, 11) is 0. The first kappa shape index (κ1) is 22.5. The van der Waals surface area contributed by atoms with Crippen LogP contribution >= 0.6 is 0 Å². The number of urea groups is 1. The van der Waals surface area contributed by atoms with E-state index in [1.165, 1.54) is 18.2 Å². The zero-order valence-corrected chi connectivity index (χ0v) is 17.8. The molecule has 32 heavy (non-hydrogen) atoms. The summed E-state index contributed by atoms with van der Waals surface area (Å²) in [6, 6.07) is 8.84. The number of imide groups is 2. The number of carboxylic acid groups (broad SMARTS) is 1. The molecule has 2 N–H and O–H groups in total. The fourth-order valence-electron chi connectivity index (χ4n) is 3.06. The Bertz CT molecular complexity index is 1140. The Kier molecular flexibility index (Phi) is 6.58. The lowest BCUT2D eigenvalue weighted by molar-refractivity contribution is -0.139. The predicted octanol–water partition coefficient (Wildman–Crippen LogP) is 2.83. The summed E-state index contributed by atoms with van der Waals surface area (Å²) < 4.78 is 10.7. The molecule has 0 radical (unpaired) electrons. The van der Waals surface area contributed by atoms with Crippen LogP contribution in [0.5, 0.6) is 11.5 Å². The van der Waals surface area contributed by atoms with E-state index < -0.39 is 30.4 Å². The van der Waals surface area contributed by atoms with E-state index in [1.807, 2.05) is 13.8 Å². The van der Waals surface area contributed by atoms with E-state index in [1.54, 1.807) is 31.2 Å². The van der Waals surface area contributed by atoms with Crippen molar-refractivity contribution in [3.63, 3.8) is 0 Å². The van der Waals surface area contributed by atoms with Gasteiger partial charge in [-0.2, -0.15) is 0 Å². The van der Waals surface area contributed by atoms with Gasteiger partial charge >= 0.3 is 12.0 Å². The van der Waals surface area contributed by atoms with Gasteiger partial charge < -0.3 is 14.6 Å². The van der Waals surface area contributed by atoms with Crippen LogP contribution in [0.1, 0.15) is 23.6 Å². The maximum absolute atomic E-state index is 13.1. The number of hydrogen-bond donors (Lipinski definition) is 2. The lowest BCUT2D eigenvalue weighted by Gasteiger charge is -2.27. The average molecular weight is 438 g/mol. The Morgan fingerprint density at radius 1 is 1.03 bits per heavy atom. The minimum atomic E-state index is -1.14. The molecule has 4 amide bonds. The van der Waals surface area contributed by atoms with E-state index in [9.17, 15) is 19.2 Å². The van der Waals surface area contributed by atoms with Crippen molar-refractivity contribution in [1.29, 1.82) is 0 Å². The highest BCUT2D eigenvalue weighted by Crippen LogP contribution is 2.30. The molecule has 1 saturated heterocycles. The summed E-state index contributed by atoms with van der Waals surface area (Å²) >= 11 is 0. The van der Waals surface area contributed by atoms with E-state index in [2.05, 4.69) is 5.32 Å². The number of benzene rings is 2. The molecule has 1 heterocycles. The van der Waals surface area contributed by atoms with Gasteiger partial charge in [0.25, 0.3) is 11.8 Å². The van der Waals surface area contributed by atoms with Crippen LogP contribution < -0.4 is 19.7 Å². The van der Waals surface area contributed by atoms with Gasteiger partial charge in [-0.25, -0.2) is 14.5 Å². The second-order valence-corrected chi connectivity index (χ2v) is 7.05. The third-order valence-electron chi connectivity index (χ3n) is 4.78. The second kappa shape index (κ2) is 9.34. The van der Waals surface area contributed by atoms with Crippen LogP contribution in [0.2, 0.25) is 0 Å². The van der Waals surface area contributed by atoms with Crippen molar-refractivity contribution in [3.05, 3.63) is 58.7 Å². The topological polar surface area (TPSA) is 122 Å². The molecule has 1 fully saturated rings. The van der Waals surface area contributed by atoms with Crippen LogP contribution in [0, 0.1) is 13.8 Å². The number of carbonyl (C=O) groups is 4. The number of ether oxygens (including phenoxy) is 2. The van der Waals surface area contributed by atoms with Gasteiger partial charge in [-0.15, -0.1) is 0 Å². The van der Waals surface area contributed by atoms with Crippen LogP contribution in [0.25, 0.3) is 6.08 Å². The Morgan fingerprint density at radius 3 is 2.44 bits per heavy atom. The number of nitrogens with zero attached hydrogens (tertiary/aromatic N) is 1. The highest BCUT2D eigenvalue weighted by molar-refractivity contribution is 6.39. The summed E-state index contributed by atoms with van der Waals surface area (Å²) in [6.07, 6.45) is 1.33. The minimum Gasteiger partial charge on any atom is -0.490 e. The first-order valence-corrected chi connectivity index (χ1v) is 9.81. The number of rotatable bonds is 7. The monoisotopic (exact) mass is 438 g/mol. The fourth-order valence-corrected chi connectivity index (χ4v) is 3.06. The van der Waals surface area contributed by atoms with Crippen molar-refractivity contribution in [3.8, 4) is 11.5 Å². The lowest BCUT2D eigenvalue weighted by atomic mass is 10.0. The van der Waals surface area contributed by atoms with Crippen molar-refractivity contribution in [2.24, 2.45) is 0 Å². The quantitative estimate of drug-likeness (QED) is 0.503. The molecule has 9 nitrogen and oxygen atoms in total. The Balaban J connectivity index is 1.97.